The molecule has 0 aliphatic rings. The highest BCUT2D eigenvalue weighted by atomic mass is 35.5. The van der Waals surface area contributed by atoms with Crippen LogP contribution >= 0.6 is 11.6 Å². The maximum Gasteiger partial charge on any atom is 0.124 e. The van der Waals surface area contributed by atoms with Crippen molar-refractivity contribution in [2.45, 2.75) is 6.42 Å². The Morgan fingerprint density at radius 2 is 1.67 bits per heavy atom. The third-order valence-electron chi connectivity index (χ3n) is 2.76. The lowest BCUT2D eigenvalue weighted by atomic mass is 10.1. The molecule has 0 heterocycles. The molecule has 0 unspecified atom stereocenters. The van der Waals surface area contributed by atoms with Crippen LogP contribution in [-0.2, 0) is 20.6 Å². The monoisotopic (exact) mass is 317 g/mol. The highest BCUT2D eigenvalue weighted by Crippen LogP contribution is 2.26. The molecule has 2 N–H and O–H groups in total. The molecule has 0 amide bonds. The summed E-state index contributed by atoms with van der Waals surface area (Å²) < 4.78 is 21.3. The molecular weight excluding hydrogens is 294 g/mol. The van der Waals surface area contributed by atoms with E-state index in [1.807, 2.05) is 18.2 Å². The first-order valence-corrected chi connectivity index (χ1v) is 7.42. The summed E-state index contributed by atoms with van der Waals surface area (Å²) in [4.78, 5) is 0. The van der Waals surface area contributed by atoms with Gasteiger partial charge in [0.15, 0.2) is 0 Å². The molecule has 1 aromatic carbocycles. The molecule has 0 aliphatic carbocycles. The lowest BCUT2D eigenvalue weighted by Gasteiger charge is -2.12. The maximum absolute atomic E-state index is 6.14. The number of nitrogens with two attached hydrogens (primary N) is 1. The molecule has 0 radical (unpaired) electrons. The van der Waals surface area contributed by atoms with Crippen molar-refractivity contribution in [3.8, 4) is 5.75 Å². The number of benzene rings is 1. The summed E-state index contributed by atoms with van der Waals surface area (Å²) in [5.41, 5.74) is 6.53. The highest BCUT2D eigenvalue weighted by molar-refractivity contribution is 6.31. The van der Waals surface area contributed by atoms with E-state index >= 15 is 0 Å². The average molecular weight is 318 g/mol. The first-order chi connectivity index (χ1) is 10.3. The van der Waals surface area contributed by atoms with Crippen LogP contribution in [-0.4, -0.2) is 53.3 Å². The molecule has 0 aliphatic heterocycles. The van der Waals surface area contributed by atoms with Crippen molar-refractivity contribution in [1.29, 1.82) is 0 Å². The van der Waals surface area contributed by atoms with Crippen molar-refractivity contribution in [2.75, 3.05) is 53.3 Å². The molecule has 5 nitrogen and oxygen atoms in total. The first-order valence-electron chi connectivity index (χ1n) is 7.04. The average Bonchev–Trinajstić information content (AvgIpc) is 2.49. The molecule has 0 fully saturated rings. The SMILES string of the molecule is COCCOCCOCCOc1cccc(Cl)c1CCN. The van der Waals surface area contributed by atoms with E-state index in [0.717, 1.165) is 11.3 Å². The van der Waals surface area contributed by atoms with E-state index < -0.39 is 0 Å². The van der Waals surface area contributed by atoms with Gasteiger partial charge < -0.3 is 24.7 Å². The molecule has 0 spiro atoms. The fourth-order valence-electron chi connectivity index (χ4n) is 1.74. The van der Waals surface area contributed by atoms with Gasteiger partial charge in [-0.2, -0.15) is 0 Å². The number of methoxy groups -OCH3 is 1. The lowest BCUT2D eigenvalue weighted by Crippen LogP contribution is -2.13. The van der Waals surface area contributed by atoms with E-state index in [-0.39, 0.29) is 0 Å². The lowest BCUT2D eigenvalue weighted by molar-refractivity contribution is 0.0179. The Morgan fingerprint density at radius 1 is 1.00 bits per heavy atom. The van der Waals surface area contributed by atoms with Crippen molar-refractivity contribution in [3.05, 3.63) is 28.8 Å². The largest absolute Gasteiger partial charge is 0.491 e. The van der Waals surface area contributed by atoms with Crippen molar-refractivity contribution >= 4 is 11.6 Å². The summed E-state index contributed by atoms with van der Waals surface area (Å²) in [6.07, 6.45) is 0.698. The normalized spacial score (nSPS) is 10.8. The smallest absolute Gasteiger partial charge is 0.124 e. The van der Waals surface area contributed by atoms with Gasteiger partial charge in [-0.15, -0.1) is 0 Å². The zero-order valence-corrected chi connectivity index (χ0v) is 13.2. The van der Waals surface area contributed by atoms with Gasteiger partial charge >= 0.3 is 0 Å². The van der Waals surface area contributed by atoms with Gasteiger partial charge in [0, 0.05) is 17.7 Å². The van der Waals surface area contributed by atoms with Crippen LogP contribution in [0.25, 0.3) is 0 Å². The molecular formula is C15H24ClNO4. The van der Waals surface area contributed by atoms with E-state index in [1.165, 1.54) is 0 Å². The van der Waals surface area contributed by atoms with Crippen LogP contribution in [0.3, 0.4) is 0 Å². The summed E-state index contributed by atoms with van der Waals surface area (Å²) >= 11 is 6.14. The summed E-state index contributed by atoms with van der Waals surface area (Å²) in [7, 11) is 1.64. The Balaban J connectivity index is 2.16. The summed E-state index contributed by atoms with van der Waals surface area (Å²) in [6, 6.07) is 5.60. The molecule has 0 saturated carbocycles. The minimum atomic E-state index is 0.468. The van der Waals surface area contributed by atoms with Crippen LogP contribution in [0.1, 0.15) is 5.56 Å². The van der Waals surface area contributed by atoms with Gasteiger partial charge in [0.2, 0.25) is 0 Å². The minimum absolute atomic E-state index is 0.468. The highest BCUT2D eigenvalue weighted by Gasteiger charge is 2.07. The van der Waals surface area contributed by atoms with Gasteiger partial charge in [-0.25, -0.2) is 0 Å². The molecule has 0 aromatic heterocycles. The van der Waals surface area contributed by atoms with E-state index in [1.54, 1.807) is 7.11 Å². The number of ether oxygens (including phenoxy) is 4. The fraction of sp³-hybridized carbons (Fsp3) is 0.600. The minimum Gasteiger partial charge on any atom is -0.491 e. The molecule has 1 aromatic rings. The van der Waals surface area contributed by atoms with E-state index in [9.17, 15) is 0 Å². The Morgan fingerprint density at radius 3 is 2.33 bits per heavy atom. The van der Waals surface area contributed by atoms with Crippen molar-refractivity contribution in [1.82, 2.24) is 0 Å². The number of hydrogen-bond acceptors (Lipinski definition) is 5. The fourth-order valence-corrected chi connectivity index (χ4v) is 2.00. The van der Waals surface area contributed by atoms with Crippen molar-refractivity contribution < 1.29 is 18.9 Å². The Labute approximate surface area is 131 Å². The Hall–Kier alpha value is -0.850. The summed E-state index contributed by atoms with van der Waals surface area (Å²) in [5.74, 6) is 0.771. The predicted octanol–water partition coefficient (Wildman–Crippen LogP) is 1.90. The van der Waals surface area contributed by atoms with Gasteiger partial charge in [0.05, 0.1) is 33.0 Å². The van der Waals surface area contributed by atoms with Crippen molar-refractivity contribution in [3.63, 3.8) is 0 Å². The second kappa shape index (κ2) is 11.8. The third kappa shape index (κ3) is 7.64. The van der Waals surface area contributed by atoms with Crippen LogP contribution in [0.2, 0.25) is 5.02 Å². The van der Waals surface area contributed by atoms with Crippen LogP contribution in [0.5, 0.6) is 5.75 Å². The van der Waals surface area contributed by atoms with Crippen LogP contribution in [0.4, 0.5) is 0 Å². The van der Waals surface area contributed by atoms with Crippen LogP contribution < -0.4 is 10.5 Å². The van der Waals surface area contributed by atoms with E-state index in [4.69, 9.17) is 36.3 Å². The van der Waals surface area contributed by atoms with Crippen molar-refractivity contribution in [2.24, 2.45) is 5.73 Å². The standard InChI is InChI=1S/C15H24ClNO4/c1-18-7-8-19-9-10-20-11-12-21-15-4-2-3-14(16)13(15)5-6-17/h2-4H,5-12,17H2,1H3. The second-order valence-corrected chi connectivity index (χ2v) is 4.73. The van der Waals surface area contributed by atoms with E-state index in [0.29, 0.717) is 57.6 Å². The Bertz CT molecular complexity index is 390. The zero-order valence-electron chi connectivity index (χ0n) is 12.5. The first kappa shape index (κ1) is 18.2. The Kier molecular flexibility index (Phi) is 10.2. The summed E-state index contributed by atoms with van der Waals surface area (Å²) in [5, 5.41) is 0.686. The van der Waals surface area contributed by atoms with Crippen LogP contribution in [0, 0.1) is 0 Å². The van der Waals surface area contributed by atoms with Gasteiger partial charge in [-0.05, 0) is 25.1 Å². The molecule has 0 bridgehead atoms. The van der Waals surface area contributed by atoms with Gasteiger partial charge in [0.25, 0.3) is 0 Å². The summed E-state index contributed by atoms with van der Waals surface area (Å²) in [6.45, 7) is 3.79. The van der Waals surface area contributed by atoms with Gasteiger partial charge in [0.1, 0.15) is 12.4 Å². The number of rotatable bonds is 12. The number of halogens is 1. The maximum atomic E-state index is 6.14. The molecule has 1 rings (SSSR count). The van der Waals surface area contributed by atoms with Crippen LogP contribution in [0.15, 0.2) is 18.2 Å². The molecule has 0 atom stereocenters. The second-order valence-electron chi connectivity index (χ2n) is 4.32. The predicted molar refractivity (Wildman–Crippen MR) is 83.2 cm³/mol. The molecule has 21 heavy (non-hydrogen) atoms. The molecule has 0 saturated heterocycles. The molecule has 6 heteroatoms. The third-order valence-corrected chi connectivity index (χ3v) is 3.11. The topological polar surface area (TPSA) is 62.9 Å². The van der Waals surface area contributed by atoms with E-state index in [2.05, 4.69) is 0 Å². The number of hydrogen-bond donors (Lipinski definition) is 1. The molecule has 120 valence electrons. The zero-order chi connectivity index (χ0) is 15.3. The quantitative estimate of drug-likeness (QED) is 0.597. The van der Waals surface area contributed by atoms with Gasteiger partial charge in [-0.1, -0.05) is 17.7 Å². The van der Waals surface area contributed by atoms with Gasteiger partial charge in [-0.3, -0.25) is 0 Å².